The molecule has 12 heteroatoms. The highest BCUT2D eigenvalue weighted by atomic mass is 32.2. The Labute approximate surface area is 241 Å². The SMILES string of the molecule is Cc1nn(-c2ccccc2)c2nc(Cc3ccccc3)nc(N3CCN(S(=O)(=O)c4cccc(C(F)(F)F)c4)CC3)c12. The first-order chi connectivity index (χ1) is 20.1. The molecule has 0 bridgehead atoms. The fourth-order valence-corrected chi connectivity index (χ4v) is 6.63. The molecule has 6 rings (SSSR count). The Morgan fingerprint density at radius 2 is 1.50 bits per heavy atom. The molecule has 1 saturated heterocycles. The van der Waals surface area contributed by atoms with Crippen molar-refractivity contribution < 1.29 is 21.6 Å². The van der Waals surface area contributed by atoms with E-state index in [2.05, 4.69) is 0 Å². The molecule has 0 amide bonds. The summed E-state index contributed by atoms with van der Waals surface area (Å²) in [5, 5.41) is 5.54. The van der Waals surface area contributed by atoms with Crippen LogP contribution in [-0.2, 0) is 22.6 Å². The highest BCUT2D eigenvalue weighted by molar-refractivity contribution is 7.89. The molecule has 1 fully saturated rings. The number of benzene rings is 3. The lowest BCUT2D eigenvalue weighted by atomic mass is 10.1. The molecule has 0 N–H and O–H groups in total. The van der Waals surface area contributed by atoms with Crippen LogP contribution in [0.5, 0.6) is 0 Å². The maximum absolute atomic E-state index is 13.3. The van der Waals surface area contributed by atoms with Crippen molar-refractivity contribution in [1.29, 1.82) is 0 Å². The van der Waals surface area contributed by atoms with Gasteiger partial charge in [-0.15, -0.1) is 0 Å². The lowest BCUT2D eigenvalue weighted by molar-refractivity contribution is -0.137. The van der Waals surface area contributed by atoms with Gasteiger partial charge in [0.05, 0.1) is 27.2 Å². The van der Waals surface area contributed by atoms with Crippen LogP contribution in [0.25, 0.3) is 16.7 Å². The summed E-state index contributed by atoms with van der Waals surface area (Å²) in [5.74, 6) is 1.25. The molecule has 0 spiro atoms. The summed E-state index contributed by atoms with van der Waals surface area (Å²) < 4.78 is 69.3. The summed E-state index contributed by atoms with van der Waals surface area (Å²) in [7, 11) is -4.12. The number of fused-ring (bicyclic) bond motifs is 1. The first-order valence-electron chi connectivity index (χ1n) is 13.4. The summed E-state index contributed by atoms with van der Waals surface area (Å²) in [6.07, 6.45) is -4.14. The number of aryl methyl sites for hydroxylation is 1. The van der Waals surface area contributed by atoms with E-state index in [0.29, 0.717) is 42.9 Å². The van der Waals surface area contributed by atoms with E-state index in [1.54, 1.807) is 4.68 Å². The van der Waals surface area contributed by atoms with Crippen molar-refractivity contribution in [2.24, 2.45) is 0 Å². The Bertz CT molecular complexity index is 1840. The van der Waals surface area contributed by atoms with E-state index in [4.69, 9.17) is 15.1 Å². The van der Waals surface area contributed by atoms with Gasteiger partial charge in [0, 0.05) is 32.6 Å². The first-order valence-corrected chi connectivity index (χ1v) is 14.8. The van der Waals surface area contributed by atoms with Gasteiger partial charge in [-0.25, -0.2) is 23.1 Å². The average molecular weight is 593 g/mol. The molecule has 42 heavy (non-hydrogen) atoms. The third-order valence-electron chi connectivity index (χ3n) is 7.27. The van der Waals surface area contributed by atoms with Crippen LogP contribution >= 0.6 is 0 Å². The quantitative estimate of drug-likeness (QED) is 0.268. The molecule has 3 heterocycles. The van der Waals surface area contributed by atoms with Crippen LogP contribution in [0, 0.1) is 6.92 Å². The second-order valence-corrected chi connectivity index (χ2v) is 12.0. The zero-order valence-corrected chi connectivity index (χ0v) is 23.5. The van der Waals surface area contributed by atoms with Crippen molar-refractivity contribution in [2.75, 3.05) is 31.1 Å². The monoisotopic (exact) mass is 592 g/mol. The number of piperazine rings is 1. The predicted molar refractivity (Wildman–Crippen MR) is 153 cm³/mol. The molecule has 0 saturated carbocycles. The number of alkyl halides is 3. The summed E-state index contributed by atoms with van der Waals surface area (Å²) in [6.45, 7) is 2.66. The van der Waals surface area contributed by atoms with Crippen LogP contribution in [0.4, 0.5) is 19.0 Å². The maximum atomic E-state index is 13.3. The van der Waals surface area contributed by atoms with Gasteiger partial charge in [-0.3, -0.25) is 0 Å². The molecule has 0 aliphatic carbocycles. The zero-order valence-electron chi connectivity index (χ0n) is 22.7. The third kappa shape index (κ3) is 5.35. The van der Waals surface area contributed by atoms with E-state index >= 15 is 0 Å². The third-order valence-corrected chi connectivity index (χ3v) is 9.17. The molecule has 5 aromatic rings. The Balaban J connectivity index is 1.34. The van der Waals surface area contributed by atoms with E-state index in [-0.39, 0.29) is 18.0 Å². The number of anilines is 1. The second-order valence-electron chi connectivity index (χ2n) is 10.1. The average Bonchev–Trinajstić information content (AvgIpc) is 3.33. The van der Waals surface area contributed by atoms with E-state index in [1.165, 1.54) is 10.4 Å². The van der Waals surface area contributed by atoms with Crippen LogP contribution in [0.2, 0.25) is 0 Å². The fourth-order valence-electron chi connectivity index (χ4n) is 5.16. The van der Waals surface area contributed by atoms with Crippen LogP contribution in [-0.4, -0.2) is 58.7 Å². The molecule has 0 unspecified atom stereocenters. The maximum Gasteiger partial charge on any atom is 0.416 e. The normalized spacial score (nSPS) is 14.9. The Morgan fingerprint density at radius 1 is 0.833 bits per heavy atom. The summed E-state index contributed by atoms with van der Waals surface area (Å²) in [6, 6.07) is 23.4. The summed E-state index contributed by atoms with van der Waals surface area (Å²) in [4.78, 5) is 11.5. The van der Waals surface area contributed by atoms with E-state index < -0.39 is 21.8 Å². The van der Waals surface area contributed by atoms with Crippen molar-refractivity contribution in [2.45, 2.75) is 24.4 Å². The summed E-state index contributed by atoms with van der Waals surface area (Å²) >= 11 is 0. The number of hydrogen-bond donors (Lipinski definition) is 0. The van der Waals surface area contributed by atoms with Gasteiger partial charge >= 0.3 is 6.18 Å². The van der Waals surface area contributed by atoms with Crippen LogP contribution in [0.1, 0.15) is 22.6 Å². The highest BCUT2D eigenvalue weighted by Gasteiger charge is 2.34. The molecule has 0 radical (unpaired) electrons. The number of aromatic nitrogens is 4. The number of para-hydroxylation sites is 1. The standard InChI is InChI=1S/C30H27F3N6O2S/c1-21-27-28(37-15-17-38(18-16-37)42(40,41)25-14-8-11-23(20-25)30(31,32)33)34-26(19-22-9-4-2-5-10-22)35-29(27)39(36-21)24-12-6-3-7-13-24/h2-14,20H,15-19H2,1H3. The predicted octanol–water partition coefficient (Wildman–Crippen LogP) is 5.24. The molecule has 3 aromatic carbocycles. The second kappa shape index (κ2) is 10.8. The minimum atomic E-state index is -4.64. The summed E-state index contributed by atoms with van der Waals surface area (Å²) in [5.41, 5.74) is 2.27. The Kier molecular flexibility index (Phi) is 7.19. The van der Waals surface area contributed by atoms with Crippen molar-refractivity contribution in [3.05, 3.63) is 108 Å². The van der Waals surface area contributed by atoms with Crippen LogP contribution < -0.4 is 4.90 Å². The molecule has 0 atom stereocenters. The van der Waals surface area contributed by atoms with Crippen molar-refractivity contribution in [3.63, 3.8) is 0 Å². The van der Waals surface area contributed by atoms with Gasteiger partial charge in [0.15, 0.2) is 5.65 Å². The lowest BCUT2D eigenvalue weighted by Crippen LogP contribution is -2.49. The number of nitrogens with zero attached hydrogens (tertiary/aromatic N) is 6. The van der Waals surface area contributed by atoms with Crippen LogP contribution in [0.3, 0.4) is 0 Å². The van der Waals surface area contributed by atoms with Gasteiger partial charge in [0.1, 0.15) is 11.6 Å². The first kappa shape index (κ1) is 27.9. The van der Waals surface area contributed by atoms with Crippen LogP contribution in [0.15, 0.2) is 89.8 Å². The molecule has 2 aromatic heterocycles. The molecule has 1 aliphatic heterocycles. The Hall–Kier alpha value is -4.29. The minimum Gasteiger partial charge on any atom is -0.353 e. The van der Waals surface area contributed by atoms with Gasteiger partial charge in [-0.1, -0.05) is 54.6 Å². The van der Waals surface area contributed by atoms with E-state index in [0.717, 1.165) is 34.5 Å². The lowest BCUT2D eigenvalue weighted by Gasteiger charge is -2.35. The van der Waals surface area contributed by atoms with Gasteiger partial charge in [0.25, 0.3) is 0 Å². The largest absolute Gasteiger partial charge is 0.416 e. The Morgan fingerprint density at radius 3 is 2.17 bits per heavy atom. The van der Waals surface area contributed by atoms with Crippen molar-refractivity contribution in [1.82, 2.24) is 24.1 Å². The topological polar surface area (TPSA) is 84.2 Å². The van der Waals surface area contributed by atoms with Gasteiger partial charge in [-0.2, -0.15) is 22.6 Å². The molecular weight excluding hydrogens is 565 g/mol. The van der Waals surface area contributed by atoms with E-state index in [1.807, 2.05) is 72.5 Å². The zero-order chi connectivity index (χ0) is 29.5. The molecule has 216 valence electrons. The van der Waals surface area contributed by atoms with Crippen molar-refractivity contribution in [3.8, 4) is 5.69 Å². The molecular formula is C30H27F3N6O2S. The minimum absolute atomic E-state index is 0.0873. The number of hydrogen-bond acceptors (Lipinski definition) is 6. The molecule has 1 aliphatic rings. The van der Waals surface area contributed by atoms with Gasteiger partial charge in [0.2, 0.25) is 10.0 Å². The van der Waals surface area contributed by atoms with E-state index in [9.17, 15) is 21.6 Å². The molecule has 8 nitrogen and oxygen atoms in total. The van der Waals surface area contributed by atoms with Crippen molar-refractivity contribution >= 4 is 26.9 Å². The number of sulfonamides is 1. The fraction of sp³-hybridized carbons (Fsp3) is 0.233. The number of halogens is 3. The smallest absolute Gasteiger partial charge is 0.353 e. The number of rotatable bonds is 6. The van der Waals surface area contributed by atoms with Gasteiger partial charge in [-0.05, 0) is 42.8 Å². The van der Waals surface area contributed by atoms with Gasteiger partial charge < -0.3 is 4.90 Å². The highest BCUT2D eigenvalue weighted by Crippen LogP contribution is 2.33.